The first-order chi connectivity index (χ1) is 6.02. The van der Waals surface area contributed by atoms with Crippen molar-refractivity contribution in [3.05, 3.63) is 28.8 Å². The van der Waals surface area contributed by atoms with Crippen molar-refractivity contribution in [1.82, 2.24) is 0 Å². The Bertz CT molecular complexity index is 491. The first-order valence-corrected chi connectivity index (χ1v) is 5.08. The van der Waals surface area contributed by atoms with Crippen LogP contribution in [-0.4, -0.2) is 14.4 Å². The summed E-state index contributed by atoms with van der Waals surface area (Å²) in [6.45, 7) is 0. The maximum atomic E-state index is 11.2. The van der Waals surface area contributed by atoms with E-state index in [0.29, 0.717) is 0 Å². The van der Waals surface area contributed by atoms with E-state index < -0.39 is 16.1 Å². The quantitative estimate of drug-likeness (QED) is 0.614. The Labute approximate surface area is 79.2 Å². The summed E-state index contributed by atoms with van der Waals surface area (Å²) in [5, 5.41) is 0.00310. The van der Waals surface area contributed by atoms with Gasteiger partial charge >= 0.3 is 16.1 Å². The van der Waals surface area contributed by atoms with Crippen LogP contribution in [-0.2, 0) is 14.3 Å². The highest BCUT2D eigenvalue weighted by Crippen LogP contribution is 2.32. The van der Waals surface area contributed by atoms with Gasteiger partial charge in [0.15, 0.2) is 0 Å². The predicted molar refractivity (Wildman–Crippen MR) is 44.1 cm³/mol. The first kappa shape index (κ1) is 8.52. The van der Waals surface area contributed by atoms with Gasteiger partial charge in [0.1, 0.15) is 4.90 Å². The molecule has 6 heteroatoms. The second kappa shape index (κ2) is 2.46. The summed E-state index contributed by atoms with van der Waals surface area (Å²) >= 11 is 5.61. The highest BCUT2D eigenvalue weighted by Gasteiger charge is 2.37. The van der Waals surface area contributed by atoms with Crippen LogP contribution < -0.4 is 0 Å². The molecule has 0 spiro atoms. The second-order valence-corrected chi connectivity index (χ2v) is 4.33. The lowest BCUT2D eigenvalue weighted by molar-refractivity contribution is 0.0762. The molecule has 4 nitrogen and oxygen atoms in total. The van der Waals surface area contributed by atoms with E-state index in [9.17, 15) is 13.2 Å². The Morgan fingerprint density at radius 1 is 1.31 bits per heavy atom. The van der Waals surface area contributed by atoms with E-state index in [1.165, 1.54) is 18.2 Å². The van der Waals surface area contributed by atoms with Crippen LogP contribution in [0.4, 0.5) is 0 Å². The lowest BCUT2D eigenvalue weighted by Crippen LogP contribution is -1.99. The summed E-state index contributed by atoms with van der Waals surface area (Å²) in [5.41, 5.74) is -0.00694. The lowest BCUT2D eigenvalue weighted by Gasteiger charge is -1.94. The fourth-order valence-electron chi connectivity index (χ4n) is 1.11. The molecule has 0 atom stereocenters. The van der Waals surface area contributed by atoms with Crippen LogP contribution in [0.25, 0.3) is 0 Å². The van der Waals surface area contributed by atoms with Gasteiger partial charge in [-0.2, -0.15) is 8.42 Å². The molecule has 0 aliphatic carbocycles. The van der Waals surface area contributed by atoms with Crippen LogP contribution in [0, 0.1) is 0 Å². The molecule has 0 unspecified atom stereocenters. The van der Waals surface area contributed by atoms with E-state index in [4.69, 9.17) is 11.6 Å². The Morgan fingerprint density at radius 3 is 2.62 bits per heavy atom. The van der Waals surface area contributed by atoms with Gasteiger partial charge < -0.3 is 4.18 Å². The molecule has 0 aromatic heterocycles. The molecule has 1 aliphatic rings. The van der Waals surface area contributed by atoms with E-state index in [-0.39, 0.29) is 15.5 Å². The minimum absolute atomic E-state index is 0.00310. The molecule has 0 N–H and O–H groups in total. The van der Waals surface area contributed by atoms with Gasteiger partial charge in [-0.15, -0.1) is 0 Å². The van der Waals surface area contributed by atoms with Crippen molar-refractivity contribution in [2.24, 2.45) is 0 Å². The van der Waals surface area contributed by atoms with E-state index in [2.05, 4.69) is 4.18 Å². The van der Waals surface area contributed by atoms with Crippen molar-refractivity contribution in [2.45, 2.75) is 4.90 Å². The molecule has 0 bridgehead atoms. The lowest BCUT2D eigenvalue weighted by atomic mass is 10.2. The third-order valence-corrected chi connectivity index (χ3v) is 3.36. The van der Waals surface area contributed by atoms with Crippen molar-refractivity contribution in [3.63, 3.8) is 0 Å². The standard InChI is InChI=1S/C7H3ClO4S/c8-5-3-1-2-4-6(5)13(10,11)12-7(4)9/h1-3H. The van der Waals surface area contributed by atoms with Gasteiger partial charge in [0, 0.05) is 0 Å². The highest BCUT2D eigenvalue weighted by molar-refractivity contribution is 7.87. The van der Waals surface area contributed by atoms with Crippen LogP contribution in [0.5, 0.6) is 0 Å². The van der Waals surface area contributed by atoms with Crippen molar-refractivity contribution in [3.8, 4) is 0 Å². The fraction of sp³-hybridized carbons (Fsp3) is 0. The van der Waals surface area contributed by atoms with E-state index >= 15 is 0 Å². The smallest absolute Gasteiger partial charge is 0.338 e. The van der Waals surface area contributed by atoms with Gasteiger partial charge in [0.25, 0.3) is 0 Å². The number of halogens is 1. The molecular formula is C7H3ClO4S. The van der Waals surface area contributed by atoms with Crippen LogP contribution in [0.1, 0.15) is 10.4 Å². The van der Waals surface area contributed by atoms with E-state index in [1.807, 2.05) is 0 Å². The summed E-state index contributed by atoms with van der Waals surface area (Å²) < 4.78 is 26.5. The Balaban J connectivity index is 2.89. The SMILES string of the molecule is O=C1OS(=O)(=O)c2c(Cl)cccc21. The minimum Gasteiger partial charge on any atom is -0.338 e. The Kier molecular flexibility index (Phi) is 1.61. The number of hydrogen-bond donors (Lipinski definition) is 0. The van der Waals surface area contributed by atoms with Crippen molar-refractivity contribution in [2.75, 3.05) is 0 Å². The average molecular weight is 219 g/mol. The zero-order valence-electron chi connectivity index (χ0n) is 6.15. The van der Waals surface area contributed by atoms with Gasteiger partial charge in [-0.05, 0) is 12.1 Å². The summed E-state index contributed by atoms with van der Waals surface area (Å²) in [6, 6.07) is 4.23. The highest BCUT2D eigenvalue weighted by atomic mass is 35.5. The summed E-state index contributed by atoms with van der Waals surface area (Å²) in [7, 11) is -3.97. The molecule has 0 saturated carbocycles. The average Bonchev–Trinajstić information content (AvgIpc) is 2.24. The molecule has 0 fully saturated rings. The van der Waals surface area contributed by atoms with Crippen LogP contribution in [0.2, 0.25) is 5.02 Å². The monoisotopic (exact) mass is 218 g/mol. The van der Waals surface area contributed by atoms with Gasteiger partial charge in [0.05, 0.1) is 10.6 Å². The van der Waals surface area contributed by atoms with Gasteiger partial charge in [0.2, 0.25) is 0 Å². The largest absolute Gasteiger partial charge is 0.355 e. The third kappa shape index (κ3) is 1.12. The Morgan fingerprint density at radius 2 is 2.00 bits per heavy atom. The summed E-state index contributed by atoms with van der Waals surface area (Å²) in [4.78, 5) is 10.7. The van der Waals surface area contributed by atoms with Crippen molar-refractivity contribution in [1.29, 1.82) is 0 Å². The molecule has 0 radical (unpaired) electrons. The first-order valence-electron chi connectivity index (χ1n) is 3.30. The maximum absolute atomic E-state index is 11.2. The number of carbonyl (C=O) groups is 1. The molecular weight excluding hydrogens is 216 g/mol. The zero-order chi connectivity index (χ0) is 9.64. The van der Waals surface area contributed by atoms with Crippen LogP contribution in [0.15, 0.2) is 23.1 Å². The second-order valence-electron chi connectivity index (χ2n) is 2.44. The van der Waals surface area contributed by atoms with E-state index in [1.54, 1.807) is 0 Å². The molecule has 68 valence electrons. The molecule has 1 aliphatic heterocycles. The predicted octanol–water partition coefficient (Wildman–Crippen LogP) is 1.20. The molecule has 1 aromatic carbocycles. The van der Waals surface area contributed by atoms with Crippen LogP contribution in [0.3, 0.4) is 0 Å². The van der Waals surface area contributed by atoms with Gasteiger partial charge in [-0.25, -0.2) is 4.79 Å². The molecule has 2 rings (SSSR count). The number of rotatable bonds is 0. The number of fused-ring (bicyclic) bond motifs is 1. The summed E-state index contributed by atoms with van der Waals surface area (Å²) in [5.74, 6) is -0.877. The van der Waals surface area contributed by atoms with Crippen molar-refractivity contribution >= 4 is 27.7 Å². The molecule has 0 saturated heterocycles. The normalized spacial score (nSPS) is 18.1. The van der Waals surface area contributed by atoms with Crippen molar-refractivity contribution < 1.29 is 17.4 Å². The maximum Gasteiger partial charge on any atom is 0.355 e. The minimum atomic E-state index is -3.97. The number of hydrogen-bond acceptors (Lipinski definition) is 4. The number of carbonyl (C=O) groups excluding carboxylic acids is 1. The third-order valence-electron chi connectivity index (χ3n) is 1.62. The topological polar surface area (TPSA) is 60.4 Å². The Hall–Kier alpha value is -1.07. The van der Waals surface area contributed by atoms with Gasteiger partial charge in [-0.3, -0.25) is 0 Å². The molecule has 1 aromatic rings. The molecule has 1 heterocycles. The van der Waals surface area contributed by atoms with Crippen LogP contribution >= 0.6 is 11.6 Å². The van der Waals surface area contributed by atoms with E-state index in [0.717, 1.165) is 0 Å². The molecule has 13 heavy (non-hydrogen) atoms. The van der Waals surface area contributed by atoms with Gasteiger partial charge in [-0.1, -0.05) is 17.7 Å². The zero-order valence-corrected chi connectivity index (χ0v) is 7.72. The molecule has 0 amide bonds. The fourth-order valence-corrected chi connectivity index (χ4v) is 2.67. The summed E-state index contributed by atoms with van der Waals surface area (Å²) in [6.07, 6.45) is 0. The number of benzene rings is 1.